The number of amides is 2. The highest BCUT2D eigenvalue weighted by Crippen LogP contribution is 2.47. The Kier molecular flexibility index (Phi) is 6.48. The van der Waals surface area contributed by atoms with Crippen molar-refractivity contribution in [2.24, 2.45) is 0 Å². The molecular weight excluding hydrogens is 463 g/mol. The van der Waals surface area contributed by atoms with E-state index in [1.54, 1.807) is 0 Å². The van der Waals surface area contributed by atoms with Crippen molar-refractivity contribution in [2.75, 3.05) is 19.7 Å². The van der Waals surface area contributed by atoms with Crippen LogP contribution >= 0.6 is 11.6 Å². The summed E-state index contributed by atoms with van der Waals surface area (Å²) in [6, 6.07) is 3.77. The van der Waals surface area contributed by atoms with E-state index < -0.39 is 23.0 Å². The van der Waals surface area contributed by atoms with E-state index in [9.17, 15) is 19.1 Å². The van der Waals surface area contributed by atoms with Crippen LogP contribution in [0.4, 0.5) is 4.39 Å². The highest BCUT2D eigenvalue weighted by Gasteiger charge is 2.55. The maximum absolute atomic E-state index is 13.6. The molecule has 3 atom stereocenters. The average molecular weight is 495 g/mol. The van der Waals surface area contributed by atoms with Gasteiger partial charge in [0.05, 0.1) is 22.8 Å². The van der Waals surface area contributed by atoms with E-state index in [-0.39, 0.29) is 35.2 Å². The van der Waals surface area contributed by atoms with Crippen molar-refractivity contribution >= 4 is 23.4 Å². The van der Waals surface area contributed by atoms with Crippen LogP contribution in [0.1, 0.15) is 51.4 Å². The Balaban J connectivity index is 1.14. The van der Waals surface area contributed by atoms with Gasteiger partial charge in [0.15, 0.2) is 6.61 Å². The molecule has 1 aromatic carbocycles. The Morgan fingerprint density at radius 3 is 2.74 bits per heavy atom. The number of benzene rings is 1. The molecule has 0 spiro atoms. The minimum Gasteiger partial charge on any atom is -0.484 e. The molecule has 2 saturated heterocycles. The molecule has 5 fully saturated rings. The van der Waals surface area contributed by atoms with Crippen molar-refractivity contribution in [3.05, 3.63) is 29.0 Å². The fourth-order valence-corrected chi connectivity index (χ4v) is 6.23. The van der Waals surface area contributed by atoms with E-state index in [1.165, 1.54) is 25.0 Å². The molecule has 2 bridgehead atoms. The number of ether oxygens (including phenoxy) is 1. The molecule has 0 radical (unpaired) electrons. The third kappa shape index (κ3) is 4.63. The second kappa shape index (κ2) is 9.26. The molecule has 34 heavy (non-hydrogen) atoms. The zero-order chi connectivity index (χ0) is 23.9. The normalized spacial score (nSPS) is 35.0. The molecule has 3 saturated carbocycles. The summed E-state index contributed by atoms with van der Waals surface area (Å²) < 4.78 is 19.0. The van der Waals surface area contributed by atoms with Gasteiger partial charge in [-0.3, -0.25) is 19.8 Å². The lowest BCUT2D eigenvalue weighted by Crippen LogP contribution is -2.71. The lowest BCUT2D eigenvalue weighted by molar-refractivity contribution is -0.136. The van der Waals surface area contributed by atoms with Crippen molar-refractivity contribution in [3.8, 4) is 5.75 Å². The standard InChI is InChI=1S/C24H32ClFN4O4/c25-16-5-4-15(11-17(16)26)34-14-21(32)28-24-8-6-23(7-9-24,12-19(24)31)29-22(33)18-13-30-10-2-1-3-20(30)27-18/h4-5,11,18-20,27,31H,1-3,6-10,12-14H2,(H,28,32)(H,29,33). The predicted octanol–water partition coefficient (Wildman–Crippen LogP) is 1.69. The minimum absolute atomic E-state index is 0.00336. The van der Waals surface area contributed by atoms with Crippen LogP contribution in [0.2, 0.25) is 5.02 Å². The molecule has 5 aliphatic rings. The lowest BCUT2D eigenvalue weighted by Gasteiger charge is -2.56. The first-order valence-electron chi connectivity index (χ1n) is 12.2. The van der Waals surface area contributed by atoms with Gasteiger partial charge in [-0.15, -0.1) is 0 Å². The third-order valence-electron chi connectivity index (χ3n) is 8.10. The van der Waals surface area contributed by atoms with Crippen LogP contribution in [-0.4, -0.2) is 70.9 Å². The van der Waals surface area contributed by atoms with Crippen LogP contribution in [0.5, 0.6) is 5.75 Å². The zero-order valence-corrected chi connectivity index (χ0v) is 19.9. The number of aliphatic hydroxyl groups is 1. The first kappa shape index (κ1) is 23.8. The Morgan fingerprint density at radius 1 is 1.24 bits per heavy atom. The molecule has 8 nitrogen and oxygen atoms in total. The summed E-state index contributed by atoms with van der Waals surface area (Å²) >= 11 is 5.67. The van der Waals surface area contributed by atoms with Crippen LogP contribution < -0.4 is 20.7 Å². The number of nitrogens with zero attached hydrogens (tertiary/aromatic N) is 1. The van der Waals surface area contributed by atoms with Gasteiger partial charge in [0.2, 0.25) is 5.91 Å². The summed E-state index contributed by atoms with van der Waals surface area (Å²) in [7, 11) is 0. The van der Waals surface area contributed by atoms with E-state index in [1.807, 2.05) is 0 Å². The molecule has 6 rings (SSSR count). The molecule has 2 aliphatic heterocycles. The van der Waals surface area contributed by atoms with Crippen molar-refractivity contribution in [3.63, 3.8) is 0 Å². The number of rotatable bonds is 6. The molecule has 0 aromatic heterocycles. The van der Waals surface area contributed by atoms with Crippen LogP contribution in [0.3, 0.4) is 0 Å². The van der Waals surface area contributed by atoms with Crippen LogP contribution in [0, 0.1) is 5.82 Å². The van der Waals surface area contributed by atoms with E-state index in [2.05, 4.69) is 20.9 Å². The number of piperidine rings is 1. The fourth-order valence-electron chi connectivity index (χ4n) is 6.12. The Hall–Kier alpha value is -1.94. The molecule has 3 unspecified atom stereocenters. The molecule has 2 amide bonds. The molecule has 186 valence electrons. The molecular formula is C24H32ClFN4O4. The number of fused-ring (bicyclic) bond motifs is 4. The van der Waals surface area contributed by atoms with Gasteiger partial charge in [-0.2, -0.15) is 0 Å². The maximum Gasteiger partial charge on any atom is 0.258 e. The van der Waals surface area contributed by atoms with Crippen molar-refractivity contribution in [1.82, 2.24) is 20.9 Å². The summed E-state index contributed by atoms with van der Waals surface area (Å²) in [5, 5.41) is 20.6. The summed E-state index contributed by atoms with van der Waals surface area (Å²) in [5.41, 5.74) is -1.17. The number of halogens is 2. The molecule has 4 N–H and O–H groups in total. The third-order valence-corrected chi connectivity index (χ3v) is 8.41. The van der Waals surface area contributed by atoms with Gasteiger partial charge in [0, 0.05) is 18.2 Å². The van der Waals surface area contributed by atoms with Gasteiger partial charge in [0.25, 0.3) is 5.91 Å². The number of hydrogen-bond acceptors (Lipinski definition) is 6. The van der Waals surface area contributed by atoms with Crippen LogP contribution in [0.25, 0.3) is 0 Å². The number of hydrogen-bond donors (Lipinski definition) is 4. The van der Waals surface area contributed by atoms with Crippen molar-refractivity contribution < 1.29 is 23.8 Å². The quantitative estimate of drug-likeness (QED) is 0.480. The number of aliphatic hydroxyl groups excluding tert-OH is 1. The fraction of sp³-hybridized carbons (Fsp3) is 0.667. The van der Waals surface area contributed by atoms with E-state index in [0.717, 1.165) is 25.6 Å². The molecule has 10 heteroatoms. The average Bonchev–Trinajstić information content (AvgIpc) is 3.26. The van der Waals surface area contributed by atoms with Gasteiger partial charge < -0.3 is 20.5 Å². The van der Waals surface area contributed by atoms with Gasteiger partial charge >= 0.3 is 0 Å². The van der Waals surface area contributed by atoms with Crippen molar-refractivity contribution in [2.45, 2.75) is 80.8 Å². The van der Waals surface area contributed by atoms with E-state index in [0.29, 0.717) is 38.3 Å². The molecule has 1 aromatic rings. The lowest BCUT2D eigenvalue weighted by atomic mass is 9.59. The van der Waals surface area contributed by atoms with Crippen molar-refractivity contribution in [1.29, 1.82) is 0 Å². The summed E-state index contributed by atoms with van der Waals surface area (Å²) in [6.45, 7) is 1.47. The smallest absolute Gasteiger partial charge is 0.258 e. The number of nitrogens with one attached hydrogen (secondary N) is 3. The maximum atomic E-state index is 13.6. The second-order valence-corrected chi connectivity index (χ2v) is 10.7. The highest BCUT2D eigenvalue weighted by molar-refractivity contribution is 6.30. The number of carbonyl (C=O) groups excluding carboxylic acids is 2. The minimum atomic E-state index is -0.768. The summed E-state index contributed by atoms with van der Waals surface area (Å²) in [6.07, 6.45) is 5.90. The first-order valence-corrected chi connectivity index (χ1v) is 12.5. The first-order chi connectivity index (χ1) is 16.3. The van der Waals surface area contributed by atoms with E-state index >= 15 is 0 Å². The summed E-state index contributed by atoms with van der Waals surface area (Å²) in [5.74, 6) is -0.778. The number of carbonyl (C=O) groups is 2. The largest absolute Gasteiger partial charge is 0.484 e. The monoisotopic (exact) mass is 494 g/mol. The highest BCUT2D eigenvalue weighted by atomic mass is 35.5. The molecule has 2 heterocycles. The van der Waals surface area contributed by atoms with Gasteiger partial charge in [-0.1, -0.05) is 11.6 Å². The van der Waals surface area contributed by atoms with Gasteiger partial charge in [-0.05, 0) is 70.0 Å². The Morgan fingerprint density at radius 2 is 2.03 bits per heavy atom. The van der Waals surface area contributed by atoms with Gasteiger partial charge in [0.1, 0.15) is 17.6 Å². The predicted molar refractivity (Wildman–Crippen MR) is 124 cm³/mol. The molecule has 3 aliphatic carbocycles. The zero-order valence-electron chi connectivity index (χ0n) is 19.1. The van der Waals surface area contributed by atoms with Crippen LogP contribution in [-0.2, 0) is 9.59 Å². The van der Waals surface area contributed by atoms with Crippen LogP contribution in [0.15, 0.2) is 18.2 Å². The van der Waals surface area contributed by atoms with Gasteiger partial charge in [-0.25, -0.2) is 4.39 Å². The SMILES string of the molecule is O=C(COc1ccc(Cl)c(F)c1)NC12CCC(NC(=O)C3CN4CCCCC4N3)(CC1)CC2O. The second-order valence-electron chi connectivity index (χ2n) is 10.3. The van der Waals surface area contributed by atoms with E-state index in [4.69, 9.17) is 16.3 Å². The Labute approximate surface area is 203 Å². The topological polar surface area (TPSA) is 103 Å². The Bertz CT molecular complexity index is 941. The summed E-state index contributed by atoms with van der Waals surface area (Å²) in [4.78, 5) is 28.0.